The molecule has 0 spiro atoms. The fraction of sp³-hybridized carbons (Fsp3) is 0.750. The normalized spacial score (nSPS) is 31.1. The van der Waals surface area contributed by atoms with Crippen LogP contribution in [0.2, 0.25) is 0 Å². The minimum Gasteiger partial charge on any atom is -0.0654 e. The average molecular weight is 327 g/mol. The Morgan fingerprint density at radius 3 is 1.92 bits per heavy atom. The van der Waals surface area contributed by atoms with Crippen LogP contribution in [0.25, 0.3) is 0 Å². The SMILES string of the molecule is CCCCC[C@H]1CC[C@H](C2CCC(c3ccc(C)cc3)CC2)CC1. The molecule has 134 valence electrons. The van der Waals surface area contributed by atoms with E-state index < -0.39 is 0 Å². The lowest BCUT2D eigenvalue weighted by molar-refractivity contribution is 0.155. The predicted octanol–water partition coefficient (Wildman–Crippen LogP) is 7.66. The molecule has 2 aliphatic carbocycles. The Kier molecular flexibility index (Phi) is 6.81. The maximum Gasteiger partial charge on any atom is -0.0162 e. The van der Waals surface area contributed by atoms with Crippen molar-refractivity contribution in [2.45, 2.75) is 96.8 Å². The molecule has 0 nitrogen and oxygen atoms in total. The van der Waals surface area contributed by atoms with Crippen molar-refractivity contribution < 1.29 is 0 Å². The molecule has 2 saturated carbocycles. The van der Waals surface area contributed by atoms with Crippen LogP contribution in [0.3, 0.4) is 0 Å². The van der Waals surface area contributed by atoms with Crippen LogP contribution in [0.4, 0.5) is 0 Å². The average Bonchev–Trinajstić information content (AvgIpc) is 2.63. The van der Waals surface area contributed by atoms with Crippen LogP contribution in [0.15, 0.2) is 24.3 Å². The van der Waals surface area contributed by atoms with Gasteiger partial charge in [0.15, 0.2) is 0 Å². The van der Waals surface area contributed by atoms with Gasteiger partial charge in [0.1, 0.15) is 0 Å². The van der Waals surface area contributed by atoms with Crippen LogP contribution in [-0.4, -0.2) is 0 Å². The molecule has 2 aliphatic rings. The van der Waals surface area contributed by atoms with Gasteiger partial charge >= 0.3 is 0 Å². The van der Waals surface area contributed by atoms with Crippen molar-refractivity contribution in [3.05, 3.63) is 35.4 Å². The highest BCUT2D eigenvalue weighted by Crippen LogP contribution is 2.44. The van der Waals surface area contributed by atoms with Gasteiger partial charge in [0, 0.05) is 0 Å². The quantitative estimate of drug-likeness (QED) is 0.471. The first-order valence-corrected chi connectivity index (χ1v) is 10.8. The van der Waals surface area contributed by atoms with Crippen LogP contribution in [0.5, 0.6) is 0 Å². The number of rotatable bonds is 6. The highest BCUT2D eigenvalue weighted by Gasteiger charge is 2.31. The first kappa shape index (κ1) is 18.0. The maximum atomic E-state index is 2.38. The smallest absolute Gasteiger partial charge is 0.0162 e. The fourth-order valence-electron chi connectivity index (χ4n) is 5.39. The van der Waals surface area contributed by atoms with Gasteiger partial charge in [-0.05, 0) is 74.7 Å². The molecular formula is C24H38. The lowest BCUT2D eigenvalue weighted by Gasteiger charge is -2.38. The molecule has 0 radical (unpaired) electrons. The summed E-state index contributed by atoms with van der Waals surface area (Å²) in [5, 5.41) is 0. The van der Waals surface area contributed by atoms with Crippen LogP contribution >= 0.6 is 0 Å². The molecule has 0 unspecified atom stereocenters. The Morgan fingerprint density at radius 1 is 0.750 bits per heavy atom. The van der Waals surface area contributed by atoms with Gasteiger partial charge in [-0.2, -0.15) is 0 Å². The van der Waals surface area contributed by atoms with Crippen molar-refractivity contribution in [3.8, 4) is 0 Å². The molecule has 1 aromatic rings. The first-order chi connectivity index (χ1) is 11.8. The Morgan fingerprint density at radius 2 is 1.33 bits per heavy atom. The summed E-state index contributed by atoms with van der Waals surface area (Å²) >= 11 is 0. The number of aryl methyl sites for hydroxylation is 1. The zero-order chi connectivity index (χ0) is 16.8. The zero-order valence-electron chi connectivity index (χ0n) is 16.1. The Bertz CT molecular complexity index is 455. The summed E-state index contributed by atoms with van der Waals surface area (Å²) in [6.45, 7) is 4.52. The van der Waals surface area contributed by atoms with E-state index in [9.17, 15) is 0 Å². The summed E-state index contributed by atoms with van der Waals surface area (Å²) in [7, 11) is 0. The molecule has 0 saturated heterocycles. The van der Waals surface area contributed by atoms with Gasteiger partial charge in [-0.15, -0.1) is 0 Å². The van der Waals surface area contributed by atoms with E-state index in [2.05, 4.69) is 38.1 Å². The van der Waals surface area contributed by atoms with E-state index in [1.54, 1.807) is 5.56 Å². The molecule has 0 aromatic heterocycles. The summed E-state index contributed by atoms with van der Waals surface area (Å²) in [5.41, 5.74) is 2.99. The van der Waals surface area contributed by atoms with Crippen molar-refractivity contribution in [1.82, 2.24) is 0 Å². The van der Waals surface area contributed by atoms with Crippen molar-refractivity contribution in [1.29, 1.82) is 0 Å². The topological polar surface area (TPSA) is 0 Å². The monoisotopic (exact) mass is 326 g/mol. The third-order valence-corrected chi connectivity index (χ3v) is 7.09. The van der Waals surface area contributed by atoms with Crippen LogP contribution < -0.4 is 0 Å². The van der Waals surface area contributed by atoms with E-state index in [1.165, 1.54) is 82.6 Å². The summed E-state index contributed by atoms with van der Waals surface area (Å²) in [5.74, 6) is 4.01. The Balaban J connectivity index is 1.40. The zero-order valence-corrected chi connectivity index (χ0v) is 16.1. The molecular weight excluding hydrogens is 288 g/mol. The lowest BCUT2D eigenvalue weighted by atomic mass is 9.68. The van der Waals surface area contributed by atoms with Gasteiger partial charge < -0.3 is 0 Å². The highest BCUT2D eigenvalue weighted by atomic mass is 14.4. The molecule has 2 fully saturated rings. The van der Waals surface area contributed by atoms with Gasteiger partial charge in [0.25, 0.3) is 0 Å². The number of unbranched alkanes of at least 4 members (excludes halogenated alkanes) is 2. The Hall–Kier alpha value is -0.780. The van der Waals surface area contributed by atoms with Gasteiger partial charge in [0.05, 0.1) is 0 Å². The maximum absolute atomic E-state index is 2.38. The first-order valence-electron chi connectivity index (χ1n) is 10.8. The second-order valence-corrected chi connectivity index (χ2v) is 8.80. The number of hydrogen-bond acceptors (Lipinski definition) is 0. The molecule has 0 heteroatoms. The number of benzene rings is 1. The van der Waals surface area contributed by atoms with Gasteiger partial charge in [-0.3, -0.25) is 0 Å². The Labute approximate surface area is 150 Å². The van der Waals surface area contributed by atoms with Gasteiger partial charge in [0.2, 0.25) is 0 Å². The fourth-order valence-corrected chi connectivity index (χ4v) is 5.39. The second-order valence-electron chi connectivity index (χ2n) is 8.80. The molecule has 0 aliphatic heterocycles. The highest BCUT2D eigenvalue weighted by molar-refractivity contribution is 5.24. The summed E-state index contributed by atoms with van der Waals surface area (Å²) < 4.78 is 0. The predicted molar refractivity (Wildman–Crippen MR) is 105 cm³/mol. The van der Waals surface area contributed by atoms with Gasteiger partial charge in [-0.25, -0.2) is 0 Å². The minimum absolute atomic E-state index is 0.840. The molecule has 0 heterocycles. The third-order valence-electron chi connectivity index (χ3n) is 7.09. The third kappa shape index (κ3) is 4.87. The minimum atomic E-state index is 0.840. The summed E-state index contributed by atoms with van der Waals surface area (Å²) in [6, 6.07) is 9.34. The van der Waals surface area contributed by atoms with Crippen LogP contribution in [-0.2, 0) is 0 Å². The van der Waals surface area contributed by atoms with E-state index in [0.717, 1.165) is 23.7 Å². The van der Waals surface area contributed by atoms with Crippen molar-refractivity contribution in [2.75, 3.05) is 0 Å². The van der Waals surface area contributed by atoms with E-state index in [1.807, 2.05) is 0 Å². The van der Waals surface area contributed by atoms with E-state index in [-0.39, 0.29) is 0 Å². The van der Waals surface area contributed by atoms with E-state index >= 15 is 0 Å². The molecule has 0 atom stereocenters. The summed E-state index contributed by atoms with van der Waals surface area (Å²) in [4.78, 5) is 0. The largest absolute Gasteiger partial charge is 0.0654 e. The van der Waals surface area contributed by atoms with Crippen molar-refractivity contribution in [2.24, 2.45) is 17.8 Å². The van der Waals surface area contributed by atoms with E-state index in [0.29, 0.717) is 0 Å². The molecule has 0 bridgehead atoms. The van der Waals surface area contributed by atoms with Crippen molar-refractivity contribution >= 4 is 0 Å². The molecule has 3 rings (SSSR count). The van der Waals surface area contributed by atoms with Crippen LogP contribution in [0, 0.1) is 24.7 Å². The summed E-state index contributed by atoms with van der Waals surface area (Å²) in [6.07, 6.45) is 17.8. The molecule has 24 heavy (non-hydrogen) atoms. The second kappa shape index (κ2) is 9.07. The molecule has 0 amide bonds. The number of hydrogen-bond donors (Lipinski definition) is 0. The van der Waals surface area contributed by atoms with Crippen molar-refractivity contribution in [3.63, 3.8) is 0 Å². The van der Waals surface area contributed by atoms with Gasteiger partial charge in [-0.1, -0.05) is 75.3 Å². The molecule has 0 N–H and O–H groups in total. The standard InChI is InChI=1S/C24H38/c1-3-4-5-6-20-9-13-22(14-10-20)24-17-15-23(16-18-24)21-11-7-19(2)8-12-21/h7-8,11-12,20,22-24H,3-6,9-10,13-18H2,1-2H3/t20-,22-,23?,24?. The molecule has 1 aromatic carbocycles. The van der Waals surface area contributed by atoms with Crippen LogP contribution in [0.1, 0.15) is 101 Å². The van der Waals surface area contributed by atoms with E-state index in [4.69, 9.17) is 0 Å². The lowest BCUT2D eigenvalue weighted by Crippen LogP contribution is -2.25.